The maximum atomic E-state index is 12.6. The molecule has 0 aromatic heterocycles. The number of nitro groups is 1. The fourth-order valence-corrected chi connectivity index (χ4v) is 2.02. The smallest absolute Gasteiger partial charge is 0.416 e. The molecule has 0 unspecified atom stereocenters. The average Bonchev–Trinajstić information content (AvgIpc) is 2.55. The van der Waals surface area contributed by atoms with Crippen molar-refractivity contribution in [1.82, 2.24) is 0 Å². The highest BCUT2D eigenvalue weighted by Gasteiger charge is 2.32. The van der Waals surface area contributed by atoms with Gasteiger partial charge in [0.25, 0.3) is 5.69 Å². The van der Waals surface area contributed by atoms with Crippen molar-refractivity contribution in [1.29, 1.82) is 0 Å². The maximum absolute atomic E-state index is 12.6. The number of nitrogens with one attached hydrogen (secondary N) is 1. The third-order valence-electron chi connectivity index (χ3n) is 3.25. The molecule has 2 aromatic carbocycles. The quantitative estimate of drug-likeness (QED) is 0.357. The van der Waals surface area contributed by atoms with Gasteiger partial charge in [0.1, 0.15) is 11.4 Å². The Balaban J connectivity index is 2.01. The zero-order valence-corrected chi connectivity index (χ0v) is 12.8. The number of alkyl halides is 3. The van der Waals surface area contributed by atoms with Crippen LogP contribution in [0.15, 0.2) is 47.5 Å². The summed E-state index contributed by atoms with van der Waals surface area (Å²) in [6.45, 7) is 0.392. The molecule has 0 heterocycles. The molecule has 9 heteroatoms. The molecule has 6 nitrogen and oxygen atoms in total. The van der Waals surface area contributed by atoms with Gasteiger partial charge in [-0.15, -0.1) is 0 Å². The van der Waals surface area contributed by atoms with Crippen molar-refractivity contribution >= 4 is 17.6 Å². The average molecular weight is 353 g/mol. The van der Waals surface area contributed by atoms with Crippen LogP contribution in [0.2, 0.25) is 0 Å². The van der Waals surface area contributed by atoms with Crippen LogP contribution in [-0.2, 0) is 6.18 Å². The number of nitro benzene ring substituents is 1. The molecule has 2 rings (SSSR count). The van der Waals surface area contributed by atoms with Gasteiger partial charge in [0.2, 0.25) is 0 Å². The molecule has 0 fully saturated rings. The maximum Gasteiger partial charge on any atom is 0.416 e. The molecule has 0 saturated heterocycles. The van der Waals surface area contributed by atoms with Gasteiger partial charge < -0.3 is 10.4 Å². The lowest BCUT2D eigenvalue weighted by Crippen LogP contribution is -2.10. The highest BCUT2D eigenvalue weighted by Crippen LogP contribution is 2.34. The summed E-state index contributed by atoms with van der Waals surface area (Å²) in [6.07, 6.45) is -3.20. The summed E-state index contributed by atoms with van der Waals surface area (Å²) in [6, 6.07) is 8.85. The second-order valence-corrected chi connectivity index (χ2v) is 5.01. The number of aromatic hydroxyl groups is 1. The number of hydrogen-bond acceptors (Lipinski definition) is 5. The molecular formula is C16H14F3N3O3. The first-order chi connectivity index (χ1) is 11.8. The Labute approximate surface area is 140 Å². The summed E-state index contributed by atoms with van der Waals surface area (Å²) in [5, 5.41) is 23.2. The van der Waals surface area contributed by atoms with E-state index in [-0.39, 0.29) is 24.5 Å². The van der Waals surface area contributed by atoms with Crippen molar-refractivity contribution in [2.75, 3.05) is 18.4 Å². The van der Waals surface area contributed by atoms with Crippen LogP contribution in [0.5, 0.6) is 5.75 Å². The molecule has 0 atom stereocenters. The molecule has 0 saturated carbocycles. The van der Waals surface area contributed by atoms with Gasteiger partial charge in [-0.1, -0.05) is 12.1 Å². The molecule has 0 spiro atoms. The molecule has 2 N–H and O–H groups in total. The molecule has 132 valence electrons. The summed E-state index contributed by atoms with van der Waals surface area (Å²) in [7, 11) is 0. The molecular weight excluding hydrogens is 339 g/mol. The zero-order valence-electron chi connectivity index (χ0n) is 12.8. The minimum atomic E-state index is -4.65. The minimum Gasteiger partial charge on any atom is -0.507 e. The van der Waals surface area contributed by atoms with Crippen molar-refractivity contribution in [2.24, 2.45) is 4.99 Å². The second-order valence-electron chi connectivity index (χ2n) is 5.01. The topological polar surface area (TPSA) is 87.8 Å². The van der Waals surface area contributed by atoms with Gasteiger partial charge in [-0.25, -0.2) is 0 Å². The zero-order chi connectivity index (χ0) is 18.4. The molecule has 0 aliphatic rings. The Hall–Kier alpha value is -3.10. The minimum absolute atomic E-state index is 0.0178. The number of halogens is 3. The normalized spacial score (nSPS) is 11.6. The number of para-hydroxylation sites is 1. The monoisotopic (exact) mass is 353 g/mol. The molecule has 2 aromatic rings. The Morgan fingerprint density at radius 1 is 1.24 bits per heavy atom. The third kappa shape index (κ3) is 4.93. The molecule has 25 heavy (non-hydrogen) atoms. The lowest BCUT2D eigenvalue weighted by atomic mass is 10.1. The lowest BCUT2D eigenvalue weighted by molar-refractivity contribution is -0.384. The first kappa shape index (κ1) is 18.2. The Kier molecular flexibility index (Phi) is 5.58. The van der Waals surface area contributed by atoms with Crippen LogP contribution in [0, 0.1) is 10.1 Å². The van der Waals surface area contributed by atoms with Crippen LogP contribution in [0.4, 0.5) is 24.5 Å². The Morgan fingerprint density at radius 3 is 2.60 bits per heavy atom. The van der Waals surface area contributed by atoms with E-state index in [0.717, 1.165) is 12.1 Å². The first-order valence-electron chi connectivity index (χ1n) is 7.16. The van der Waals surface area contributed by atoms with Crippen molar-refractivity contribution in [3.63, 3.8) is 0 Å². The van der Waals surface area contributed by atoms with E-state index < -0.39 is 22.4 Å². The van der Waals surface area contributed by atoms with E-state index in [1.807, 2.05) is 0 Å². The van der Waals surface area contributed by atoms with E-state index in [1.54, 1.807) is 18.2 Å². The van der Waals surface area contributed by atoms with Gasteiger partial charge in [0.05, 0.1) is 17.0 Å². The van der Waals surface area contributed by atoms with Gasteiger partial charge in [0, 0.05) is 24.4 Å². The highest BCUT2D eigenvalue weighted by molar-refractivity contribution is 5.83. The van der Waals surface area contributed by atoms with Crippen molar-refractivity contribution < 1.29 is 23.2 Å². The van der Waals surface area contributed by atoms with E-state index in [9.17, 15) is 28.4 Å². The number of rotatable bonds is 6. The highest BCUT2D eigenvalue weighted by atomic mass is 19.4. The van der Waals surface area contributed by atoms with Crippen LogP contribution < -0.4 is 5.32 Å². The SMILES string of the molecule is O=[N+]([O-])c1cc(C(F)(F)F)ccc1NCCN=Cc1ccccc1O. The predicted molar refractivity (Wildman–Crippen MR) is 87.2 cm³/mol. The Morgan fingerprint density at radius 2 is 1.96 bits per heavy atom. The number of hydrogen-bond donors (Lipinski definition) is 2. The van der Waals surface area contributed by atoms with Crippen molar-refractivity contribution in [2.45, 2.75) is 6.18 Å². The van der Waals surface area contributed by atoms with Gasteiger partial charge in [-0.2, -0.15) is 13.2 Å². The van der Waals surface area contributed by atoms with Gasteiger partial charge in [0.15, 0.2) is 0 Å². The summed E-state index contributed by atoms with van der Waals surface area (Å²) >= 11 is 0. The third-order valence-corrected chi connectivity index (χ3v) is 3.25. The van der Waals surface area contributed by atoms with Gasteiger partial charge in [-0.05, 0) is 24.3 Å². The number of benzene rings is 2. The lowest BCUT2D eigenvalue weighted by Gasteiger charge is -2.09. The predicted octanol–water partition coefficient (Wildman–Crippen LogP) is 3.85. The van der Waals surface area contributed by atoms with E-state index in [0.29, 0.717) is 11.6 Å². The van der Waals surface area contributed by atoms with Crippen LogP contribution >= 0.6 is 0 Å². The molecule has 0 aliphatic heterocycles. The van der Waals surface area contributed by atoms with Crippen molar-refractivity contribution in [3.8, 4) is 5.75 Å². The number of phenolic OH excluding ortho intramolecular Hbond substituents is 1. The van der Waals surface area contributed by atoms with Crippen LogP contribution in [-0.4, -0.2) is 29.3 Å². The second kappa shape index (κ2) is 7.65. The molecule has 0 aliphatic carbocycles. The number of anilines is 1. The number of aliphatic imine (C=N–C) groups is 1. The fourth-order valence-electron chi connectivity index (χ4n) is 2.02. The number of phenols is 1. The molecule has 0 bridgehead atoms. The van der Waals surface area contributed by atoms with E-state index >= 15 is 0 Å². The van der Waals surface area contributed by atoms with Crippen molar-refractivity contribution in [3.05, 3.63) is 63.7 Å². The standard InChI is InChI=1S/C16H14F3N3O3/c17-16(18,19)12-5-6-13(14(9-12)22(24)25)21-8-7-20-10-11-3-1-2-4-15(11)23/h1-6,9-10,21,23H,7-8H2. The van der Waals surface area contributed by atoms with Gasteiger partial charge in [-0.3, -0.25) is 15.1 Å². The summed E-state index contributed by atoms with van der Waals surface area (Å²) < 4.78 is 37.9. The van der Waals surface area contributed by atoms with Gasteiger partial charge >= 0.3 is 6.18 Å². The number of nitrogens with zero attached hydrogens (tertiary/aromatic N) is 2. The summed E-state index contributed by atoms with van der Waals surface area (Å²) in [5.41, 5.74) is -1.24. The summed E-state index contributed by atoms with van der Waals surface area (Å²) in [4.78, 5) is 14.1. The first-order valence-corrected chi connectivity index (χ1v) is 7.16. The summed E-state index contributed by atoms with van der Waals surface area (Å²) in [5.74, 6) is 0.0672. The molecule has 0 radical (unpaired) electrons. The van der Waals surface area contributed by atoms with E-state index in [2.05, 4.69) is 10.3 Å². The molecule has 0 amide bonds. The Bertz CT molecular complexity index is 792. The fraction of sp³-hybridized carbons (Fsp3) is 0.188. The van der Waals surface area contributed by atoms with E-state index in [1.165, 1.54) is 12.3 Å². The van der Waals surface area contributed by atoms with Crippen LogP contribution in [0.1, 0.15) is 11.1 Å². The van der Waals surface area contributed by atoms with Crippen LogP contribution in [0.3, 0.4) is 0 Å². The van der Waals surface area contributed by atoms with Crippen LogP contribution in [0.25, 0.3) is 0 Å². The largest absolute Gasteiger partial charge is 0.507 e. The van der Waals surface area contributed by atoms with E-state index in [4.69, 9.17) is 0 Å².